The zero-order valence-corrected chi connectivity index (χ0v) is 12.2. The Labute approximate surface area is 123 Å². The quantitative estimate of drug-likeness (QED) is 0.432. The Kier molecular flexibility index (Phi) is 15.4. The summed E-state index contributed by atoms with van der Waals surface area (Å²) >= 11 is 0. The Balaban J connectivity index is 0. The molecule has 0 aliphatic carbocycles. The highest BCUT2D eigenvalue weighted by atomic mass is 16.5. The number of rotatable bonds is 3. The molecule has 0 bridgehead atoms. The van der Waals surface area contributed by atoms with Gasteiger partial charge in [0, 0.05) is 20.8 Å². The molecule has 0 spiro atoms. The van der Waals surface area contributed by atoms with E-state index < -0.39 is 0 Å². The van der Waals surface area contributed by atoms with Gasteiger partial charge in [0.1, 0.15) is 6.61 Å². The fourth-order valence-electron chi connectivity index (χ4n) is 0.622. The summed E-state index contributed by atoms with van der Waals surface area (Å²) in [4.78, 5) is 30.5. The second kappa shape index (κ2) is 15.5. The summed E-state index contributed by atoms with van der Waals surface area (Å²) in [7, 11) is 0. The van der Waals surface area contributed by atoms with E-state index in [-0.39, 0.29) is 44.3 Å². The second-order valence-corrected chi connectivity index (χ2v) is 3.21. The molecular weight excluding hydrogens is 280 g/mol. The van der Waals surface area contributed by atoms with Crippen LogP contribution >= 0.6 is 0 Å². The lowest BCUT2D eigenvalue weighted by Gasteiger charge is -1.92. The van der Waals surface area contributed by atoms with E-state index in [0.29, 0.717) is 0 Å². The van der Waals surface area contributed by atoms with Crippen LogP contribution in [0.3, 0.4) is 0 Å². The minimum absolute atomic E-state index is 0.0383. The largest absolute Gasteiger partial charge is 0.453 e. The molecule has 0 fully saturated rings. The molecule has 0 aromatic rings. The minimum atomic E-state index is -0.378. The zero-order valence-electron chi connectivity index (χ0n) is 12.2. The van der Waals surface area contributed by atoms with Crippen molar-refractivity contribution in [1.82, 2.24) is 0 Å². The third-order valence-electron chi connectivity index (χ3n) is 1.37. The number of esters is 3. The third-order valence-corrected chi connectivity index (χ3v) is 1.37. The first kappa shape index (κ1) is 20.8. The van der Waals surface area contributed by atoms with Gasteiger partial charge in [-0.3, -0.25) is 14.4 Å². The van der Waals surface area contributed by atoms with Crippen molar-refractivity contribution in [3.8, 4) is 23.7 Å². The highest BCUT2D eigenvalue weighted by Crippen LogP contribution is 1.75. The maximum Gasteiger partial charge on any atom is 0.303 e. The molecule has 1 N–H and O–H groups in total. The van der Waals surface area contributed by atoms with Gasteiger partial charge in [-0.1, -0.05) is 23.7 Å². The lowest BCUT2D eigenvalue weighted by molar-refractivity contribution is -0.140. The van der Waals surface area contributed by atoms with Crippen molar-refractivity contribution in [3.05, 3.63) is 0 Å². The monoisotopic (exact) mass is 298 g/mol. The smallest absolute Gasteiger partial charge is 0.303 e. The highest BCUT2D eigenvalue weighted by Gasteiger charge is 1.87. The molecule has 0 saturated carbocycles. The van der Waals surface area contributed by atoms with Crippen molar-refractivity contribution < 1.29 is 33.7 Å². The van der Waals surface area contributed by atoms with Gasteiger partial charge in [-0.05, 0) is 0 Å². The molecule has 0 heterocycles. The Hall–Kier alpha value is -2.51. The maximum atomic E-state index is 10.2. The summed E-state index contributed by atoms with van der Waals surface area (Å²) in [6.07, 6.45) is 0. The van der Waals surface area contributed by atoms with Gasteiger partial charge in [-0.25, -0.2) is 0 Å². The Morgan fingerprint density at radius 2 is 1.00 bits per heavy atom. The average Bonchev–Trinajstić information content (AvgIpc) is 2.39. The standard InChI is InChI=1S/C8H10O4.C6H8O3/c1-7(9)11-5-3-4-6-12-8(2)10;1-6(8)9-5-3-2-4-7/h5-6H2,1-2H3;7H,4-5H2,1H3. The first-order valence-corrected chi connectivity index (χ1v) is 5.82. The van der Waals surface area contributed by atoms with E-state index in [1.807, 2.05) is 0 Å². The molecule has 21 heavy (non-hydrogen) atoms. The summed E-state index contributed by atoms with van der Waals surface area (Å²) < 4.78 is 13.4. The molecule has 0 atom stereocenters. The first-order valence-electron chi connectivity index (χ1n) is 5.82. The Morgan fingerprint density at radius 1 is 0.714 bits per heavy atom. The molecule has 0 amide bonds. The van der Waals surface area contributed by atoms with Crippen LogP contribution in [0.15, 0.2) is 0 Å². The average molecular weight is 298 g/mol. The van der Waals surface area contributed by atoms with E-state index in [2.05, 4.69) is 37.9 Å². The van der Waals surface area contributed by atoms with Crippen molar-refractivity contribution in [3.63, 3.8) is 0 Å². The van der Waals surface area contributed by atoms with Crippen molar-refractivity contribution in [2.75, 3.05) is 26.4 Å². The van der Waals surface area contributed by atoms with Crippen LogP contribution in [0.4, 0.5) is 0 Å². The second-order valence-electron chi connectivity index (χ2n) is 3.21. The topological polar surface area (TPSA) is 99.1 Å². The molecule has 0 aliphatic rings. The highest BCUT2D eigenvalue weighted by molar-refractivity contribution is 5.66. The van der Waals surface area contributed by atoms with Crippen LogP contribution < -0.4 is 0 Å². The van der Waals surface area contributed by atoms with E-state index in [4.69, 9.17) is 5.11 Å². The predicted molar refractivity (Wildman–Crippen MR) is 72.5 cm³/mol. The van der Waals surface area contributed by atoms with Gasteiger partial charge in [0.2, 0.25) is 0 Å². The van der Waals surface area contributed by atoms with Crippen molar-refractivity contribution in [2.45, 2.75) is 20.8 Å². The van der Waals surface area contributed by atoms with Crippen LogP contribution in [-0.2, 0) is 28.6 Å². The van der Waals surface area contributed by atoms with Crippen molar-refractivity contribution in [1.29, 1.82) is 0 Å². The van der Waals surface area contributed by atoms with Gasteiger partial charge in [0.05, 0.1) is 0 Å². The summed E-state index contributed by atoms with van der Waals surface area (Å²) in [6, 6.07) is 0. The summed E-state index contributed by atoms with van der Waals surface area (Å²) in [5.74, 6) is 8.64. The fourth-order valence-corrected chi connectivity index (χ4v) is 0.622. The van der Waals surface area contributed by atoms with Gasteiger partial charge in [0.25, 0.3) is 0 Å². The molecule has 0 rings (SSSR count). The van der Waals surface area contributed by atoms with Crippen LogP contribution in [0.1, 0.15) is 20.8 Å². The molecule has 0 saturated heterocycles. The van der Waals surface area contributed by atoms with Gasteiger partial charge < -0.3 is 19.3 Å². The number of aliphatic hydroxyl groups excluding tert-OH is 1. The van der Waals surface area contributed by atoms with Crippen LogP contribution in [0, 0.1) is 23.7 Å². The molecule has 0 radical (unpaired) electrons. The molecule has 7 nitrogen and oxygen atoms in total. The third kappa shape index (κ3) is 26.9. The maximum absolute atomic E-state index is 10.2. The number of hydrogen-bond donors (Lipinski definition) is 1. The van der Waals surface area contributed by atoms with E-state index >= 15 is 0 Å². The number of ether oxygens (including phenoxy) is 3. The van der Waals surface area contributed by atoms with E-state index in [9.17, 15) is 14.4 Å². The van der Waals surface area contributed by atoms with Crippen molar-refractivity contribution >= 4 is 17.9 Å². The summed E-state index contributed by atoms with van der Waals surface area (Å²) in [5, 5.41) is 8.12. The molecule has 116 valence electrons. The van der Waals surface area contributed by atoms with E-state index in [1.165, 1.54) is 20.8 Å². The van der Waals surface area contributed by atoms with Crippen LogP contribution in [0.5, 0.6) is 0 Å². The van der Waals surface area contributed by atoms with E-state index in [1.54, 1.807) is 0 Å². The normalized spacial score (nSPS) is 7.62. The van der Waals surface area contributed by atoms with Crippen LogP contribution in [0.25, 0.3) is 0 Å². The molecule has 0 unspecified atom stereocenters. The van der Waals surface area contributed by atoms with Crippen LogP contribution in [0.2, 0.25) is 0 Å². The molecular formula is C14H18O7. The number of aliphatic hydroxyl groups is 1. The fraction of sp³-hybridized carbons (Fsp3) is 0.500. The van der Waals surface area contributed by atoms with Gasteiger partial charge in [-0.2, -0.15) is 0 Å². The van der Waals surface area contributed by atoms with E-state index in [0.717, 1.165) is 0 Å². The summed E-state index contributed by atoms with van der Waals surface area (Å²) in [5.41, 5.74) is 0. The number of carbonyl (C=O) groups excluding carboxylic acids is 3. The van der Waals surface area contributed by atoms with Gasteiger partial charge in [-0.15, -0.1) is 0 Å². The predicted octanol–water partition coefficient (Wildman–Crippen LogP) is -0.339. The van der Waals surface area contributed by atoms with Crippen molar-refractivity contribution in [2.24, 2.45) is 0 Å². The Morgan fingerprint density at radius 3 is 1.24 bits per heavy atom. The first-order chi connectivity index (χ1) is 9.90. The lowest BCUT2D eigenvalue weighted by atomic mass is 10.6. The molecule has 7 heteroatoms. The van der Waals surface area contributed by atoms with Crippen LogP contribution in [-0.4, -0.2) is 49.4 Å². The lowest BCUT2D eigenvalue weighted by Crippen LogP contribution is -2.00. The Bertz CT molecular complexity index is 423. The van der Waals surface area contributed by atoms with Gasteiger partial charge in [0.15, 0.2) is 19.8 Å². The molecule has 0 aromatic heterocycles. The summed E-state index contributed by atoms with van der Waals surface area (Å²) in [6.45, 7) is 3.85. The number of carbonyl (C=O) groups is 3. The minimum Gasteiger partial charge on any atom is -0.453 e. The molecule has 0 aliphatic heterocycles. The number of hydrogen-bond acceptors (Lipinski definition) is 7. The van der Waals surface area contributed by atoms with Gasteiger partial charge >= 0.3 is 17.9 Å². The SMILES string of the molecule is CC(=O)OCC#CCO.CC(=O)OCC#CCOC(C)=O. The zero-order chi connectivity index (χ0) is 16.5. The molecule has 0 aromatic carbocycles.